The molecule has 80 valence electrons. The van der Waals surface area contributed by atoms with Crippen LogP contribution in [-0.4, -0.2) is 19.6 Å². The van der Waals surface area contributed by atoms with Crippen molar-refractivity contribution in [1.29, 1.82) is 5.26 Å². The Morgan fingerprint density at radius 2 is 2.07 bits per heavy atom. The van der Waals surface area contributed by atoms with Crippen molar-refractivity contribution in [1.82, 2.24) is 0 Å². The molecule has 0 rings (SSSR count). The zero-order chi connectivity index (χ0) is 11.4. The summed E-state index contributed by atoms with van der Waals surface area (Å²) in [4.78, 5) is 0. The Morgan fingerprint density at radius 1 is 1.57 bits per heavy atom. The molecule has 5 nitrogen and oxygen atoms in total. The SMILES string of the molecule is CC/C(C#N)=N/OS(=O)(=O)C(F)(F)F. The maximum atomic E-state index is 11.6. The molecule has 0 radical (unpaired) electrons. The van der Waals surface area contributed by atoms with Gasteiger partial charge in [0.15, 0.2) is 5.71 Å². The molecule has 0 fully saturated rings. The van der Waals surface area contributed by atoms with E-state index in [9.17, 15) is 21.6 Å². The van der Waals surface area contributed by atoms with Gasteiger partial charge in [-0.3, -0.25) is 4.28 Å². The van der Waals surface area contributed by atoms with E-state index >= 15 is 0 Å². The van der Waals surface area contributed by atoms with Crippen LogP contribution in [0.5, 0.6) is 0 Å². The van der Waals surface area contributed by atoms with Crippen LogP contribution >= 0.6 is 0 Å². The topological polar surface area (TPSA) is 79.5 Å². The minimum absolute atomic E-state index is 0.0239. The van der Waals surface area contributed by atoms with E-state index in [2.05, 4.69) is 9.44 Å². The van der Waals surface area contributed by atoms with Crippen LogP contribution in [0, 0.1) is 11.3 Å². The van der Waals surface area contributed by atoms with Gasteiger partial charge in [0.2, 0.25) is 0 Å². The number of nitrogens with zero attached hydrogens (tertiary/aromatic N) is 2. The Morgan fingerprint density at radius 3 is 2.36 bits per heavy atom. The molecule has 0 unspecified atom stereocenters. The molecule has 14 heavy (non-hydrogen) atoms. The van der Waals surface area contributed by atoms with E-state index < -0.39 is 21.3 Å². The van der Waals surface area contributed by atoms with Gasteiger partial charge in [-0.25, -0.2) is 0 Å². The highest BCUT2D eigenvalue weighted by Gasteiger charge is 2.49. The third-order valence-corrected chi connectivity index (χ3v) is 1.83. The molecule has 0 heterocycles. The van der Waals surface area contributed by atoms with Crippen LogP contribution in [0.15, 0.2) is 5.16 Å². The number of halogens is 3. The first-order valence-corrected chi connectivity index (χ1v) is 4.62. The fourth-order valence-corrected chi connectivity index (χ4v) is 0.573. The summed E-state index contributed by atoms with van der Waals surface area (Å²) < 4.78 is 58.6. The van der Waals surface area contributed by atoms with Crippen molar-refractivity contribution in [3.63, 3.8) is 0 Å². The molecule has 0 aromatic heterocycles. The van der Waals surface area contributed by atoms with E-state index in [-0.39, 0.29) is 6.42 Å². The summed E-state index contributed by atoms with van der Waals surface area (Å²) >= 11 is 0. The monoisotopic (exact) mass is 230 g/mol. The number of alkyl halides is 3. The molecule has 0 aliphatic rings. The molecule has 0 N–H and O–H groups in total. The molecular weight excluding hydrogens is 225 g/mol. The van der Waals surface area contributed by atoms with Gasteiger partial charge in [-0.1, -0.05) is 12.1 Å². The van der Waals surface area contributed by atoms with Gasteiger partial charge in [0, 0.05) is 6.42 Å². The number of nitriles is 1. The lowest BCUT2D eigenvalue weighted by molar-refractivity contribution is -0.0540. The largest absolute Gasteiger partial charge is 0.536 e. The van der Waals surface area contributed by atoms with Gasteiger partial charge in [-0.05, 0) is 0 Å². The summed E-state index contributed by atoms with van der Waals surface area (Å²) in [5.41, 5.74) is -5.98. The van der Waals surface area contributed by atoms with E-state index in [4.69, 9.17) is 5.26 Å². The predicted molar refractivity (Wildman–Crippen MR) is 39.4 cm³/mol. The summed E-state index contributed by atoms with van der Waals surface area (Å²) in [5, 5.41) is 10.7. The number of rotatable bonds is 3. The summed E-state index contributed by atoms with van der Waals surface area (Å²) in [5.74, 6) is 0. The van der Waals surface area contributed by atoms with Gasteiger partial charge in [0.05, 0.1) is 0 Å². The van der Waals surface area contributed by atoms with Crippen LogP contribution in [-0.2, 0) is 14.4 Å². The third kappa shape index (κ3) is 3.21. The number of oxime groups is 1. The minimum atomic E-state index is -5.75. The second-order valence-corrected chi connectivity index (χ2v) is 3.50. The molecule has 0 saturated heterocycles. The van der Waals surface area contributed by atoms with E-state index in [0.717, 1.165) is 0 Å². The lowest BCUT2D eigenvalue weighted by atomic mass is 10.3. The molecule has 0 atom stereocenters. The zero-order valence-corrected chi connectivity index (χ0v) is 7.68. The van der Waals surface area contributed by atoms with Gasteiger partial charge < -0.3 is 0 Å². The third-order valence-electron chi connectivity index (χ3n) is 0.993. The van der Waals surface area contributed by atoms with E-state index in [0.29, 0.717) is 0 Å². The fourth-order valence-electron chi connectivity index (χ4n) is 0.300. The van der Waals surface area contributed by atoms with Crippen molar-refractivity contribution in [3.8, 4) is 6.07 Å². The molecule has 0 spiro atoms. The second kappa shape index (κ2) is 4.28. The molecule has 0 saturated carbocycles. The fraction of sp³-hybridized carbons (Fsp3) is 0.600. The Labute approximate surface area is 77.9 Å². The molecule has 0 aliphatic carbocycles. The van der Waals surface area contributed by atoms with Crippen LogP contribution in [0.2, 0.25) is 0 Å². The Bertz CT molecular complexity index is 365. The standard InChI is InChI=1S/C5H5F3N2O3S/c1-2-4(3-9)10-13-14(11,12)5(6,7)8/h2H2,1H3/b10-4-. The Kier molecular flexibility index (Phi) is 3.88. The first-order valence-electron chi connectivity index (χ1n) is 3.21. The molecule has 9 heteroatoms. The summed E-state index contributed by atoms with van der Waals surface area (Å²) in [6.45, 7) is 1.41. The lowest BCUT2D eigenvalue weighted by Gasteiger charge is -2.03. The average molecular weight is 230 g/mol. The van der Waals surface area contributed by atoms with Gasteiger partial charge in [-0.2, -0.15) is 26.9 Å². The van der Waals surface area contributed by atoms with Gasteiger partial charge >= 0.3 is 15.6 Å². The molecular formula is C5H5F3N2O3S. The lowest BCUT2D eigenvalue weighted by Crippen LogP contribution is -2.24. The molecule has 0 bridgehead atoms. The first-order chi connectivity index (χ1) is 6.24. The van der Waals surface area contributed by atoms with Crippen LogP contribution in [0.3, 0.4) is 0 Å². The van der Waals surface area contributed by atoms with Crippen LogP contribution in [0.4, 0.5) is 13.2 Å². The summed E-state index contributed by atoms with van der Waals surface area (Å²) in [6.07, 6.45) is -0.0239. The van der Waals surface area contributed by atoms with Gasteiger partial charge in [0.1, 0.15) is 6.07 Å². The molecule has 0 aliphatic heterocycles. The van der Waals surface area contributed by atoms with Gasteiger partial charge in [-0.15, -0.1) is 0 Å². The highest BCUT2D eigenvalue weighted by molar-refractivity contribution is 7.87. The number of hydrogen-bond donors (Lipinski definition) is 0. The van der Waals surface area contributed by atoms with Crippen molar-refractivity contribution in [3.05, 3.63) is 0 Å². The molecule has 0 amide bonds. The number of hydrogen-bond acceptors (Lipinski definition) is 5. The van der Waals surface area contributed by atoms with Crippen LogP contribution in [0.25, 0.3) is 0 Å². The quantitative estimate of drug-likeness (QED) is 0.413. The van der Waals surface area contributed by atoms with Crippen molar-refractivity contribution < 1.29 is 25.9 Å². The Hall–Kier alpha value is -1.30. The molecule has 0 aromatic rings. The van der Waals surface area contributed by atoms with Crippen LogP contribution in [0.1, 0.15) is 13.3 Å². The second-order valence-electron chi connectivity index (χ2n) is 1.98. The van der Waals surface area contributed by atoms with Crippen molar-refractivity contribution in [2.75, 3.05) is 0 Å². The summed E-state index contributed by atoms with van der Waals surface area (Å²) in [7, 11) is -5.75. The normalized spacial score (nSPS) is 13.5. The van der Waals surface area contributed by atoms with E-state index in [1.807, 2.05) is 0 Å². The highest BCUT2D eigenvalue weighted by Crippen LogP contribution is 2.24. The summed E-state index contributed by atoms with van der Waals surface area (Å²) in [6, 6.07) is 1.37. The van der Waals surface area contributed by atoms with Gasteiger partial charge in [0.25, 0.3) is 0 Å². The smallest absolute Gasteiger partial charge is 0.261 e. The Balaban J connectivity index is 4.74. The maximum Gasteiger partial charge on any atom is 0.536 e. The average Bonchev–Trinajstić information content (AvgIpc) is 2.04. The molecule has 0 aromatic carbocycles. The van der Waals surface area contributed by atoms with Crippen LogP contribution < -0.4 is 0 Å². The minimum Gasteiger partial charge on any atom is -0.261 e. The zero-order valence-electron chi connectivity index (χ0n) is 6.87. The van der Waals surface area contributed by atoms with Crippen molar-refractivity contribution in [2.24, 2.45) is 5.16 Å². The van der Waals surface area contributed by atoms with Crippen molar-refractivity contribution in [2.45, 2.75) is 18.9 Å². The maximum absolute atomic E-state index is 11.6. The van der Waals surface area contributed by atoms with Crippen molar-refractivity contribution >= 4 is 15.8 Å². The van der Waals surface area contributed by atoms with E-state index in [1.54, 1.807) is 0 Å². The van der Waals surface area contributed by atoms with E-state index in [1.165, 1.54) is 13.0 Å². The highest BCUT2D eigenvalue weighted by atomic mass is 32.2. The first kappa shape index (κ1) is 12.7. The predicted octanol–water partition coefficient (Wildman–Crippen LogP) is 1.14.